The van der Waals surface area contributed by atoms with Crippen LogP contribution in [-0.2, 0) is 4.79 Å². The summed E-state index contributed by atoms with van der Waals surface area (Å²) in [6.45, 7) is 5.59. The molecule has 1 atom stereocenters. The number of halogens is 1. The molecule has 4 aromatic rings. The van der Waals surface area contributed by atoms with Crippen LogP contribution in [0.25, 0.3) is 16.6 Å². The number of amides is 1. The first-order chi connectivity index (χ1) is 17.4. The maximum Gasteiger partial charge on any atom is 0.247 e. The summed E-state index contributed by atoms with van der Waals surface area (Å²) in [6, 6.07) is 14.4. The van der Waals surface area contributed by atoms with E-state index in [0.29, 0.717) is 23.2 Å². The molecule has 2 aromatic heterocycles. The lowest BCUT2D eigenvalue weighted by atomic mass is 10.1. The molecule has 1 fully saturated rings. The van der Waals surface area contributed by atoms with E-state index in [4.69, 9.17) is 0 Å². The van der Waals surface area contributed by atoms with Crippen LogP contribution in [0.4, 0.5) is 27.3 Å². The van der Waals surface area contributed by atoms with Crippen molar-refractivity contribution in [3.8, 4) is 5.69 Å². The number of carbonyl (C=O) groups is 1. The number of pyridine rings is 1. The first-order valence-corrected chi connectivity index (χ1v) is 11.8. The second-order valence-corrected chi connectivity index (χ2v) is 9.03. The summed E-state index contributed by atoms with van der Waals surface area (Å²) < 4.78 is 15.5. The van der Waals surface area contributed by atoms with Crippen molar-refractivity contribution in [2.24, 2.45) is 0 Å². The maximum absolute atomic E-state index is 13.8. The standard InChI is InChI=1S/C27H28FN7O/c1-4-27(36)32-23-13-20(8-9-24(23)34(3)22-10-11-33(2)17-22)31-26-14-25-18(15-29-26)16-30-35(25)21-7-5-6-19(28)12-21/h4-9,12-16,22H,1,10-11,17H2,2-3H3,(H,29,31)(H,32,36). The Hall–Kier alpha value is -4.24. The monoisotopic (exact) mass is 485 g/mol. The van der Waals surface area contributed by atoms with Gasteiger partial charge in [0.05, 0.1) is 28.8 Å². The Balaban J connectivity index is 1.45. The second kappa shape index (κ2) is 9.79. The van der Waals surface area contributed by atoms with E-state index in [9.17, 15) is 9.18 Å². The molecule has 8 nitrogen and oxygen atoms in total. The minimum Gasteiger partial charge on any atom is -0.369 e. The fourth-order valence-corrected chi connectivity index (χ4v) is 4.58. The molecule has 0 spiro atoms. The second-order valence-electron chi connectivity index (χ2n) is 9.03. The normalized spacial score (nSPS) is 15.7. The molecule has 1 aliphatic heterocycles. The van der Waals surface area contributed by atoms with Gasteiger partial charge in [-0.25, -0.2) is 14.1 Å². The van der Waals surface area contributed by atoms with Crippen molar-refractivity contribution < 1.29 is 9.18 Å². The first kappa shape index (κ1) is 23.5. The van der Waals surface area contributed by atoms with Crippen LogP contribution in [0.15, 0.2) is 73.6 Å². The van der Waals surface area contributed by atoms with Crippen LogP contribution in [0, 0.1) is 5.82 Å². The highest BCUT2D eigenvalue weighted by atomic mass is 19.1. The van der Waals surface area contributed by atoms with Gasteiger partial charge in [-0.05, 0) is 62.5 Å². The molecule has 0 aliphatic carbocycles. The molecule has 2 aromatic carbocycles. The van der Waals surface area contributed by atoms with Crippen molar-refractivity contribution in [3.05, 3.63) is 79.4 Å². The molecule has 1 saturated heterocycles. The Kier molecular flexibility index (Phi) is 6.39. The lowest BCUT2D eigenvalue weighted by Crippen LogP contribution is -2.34. The van der Waals surface area contributed by atoms with E-state index in [1.807, 2.05) is 24.3 Å². The molecule has 1 amide bonds. The average molecular weight is 486 g/mol. The van der Waals surface area contributed by atoms with Gasteiger partial charge < -0.3 is 20.4 Å². The van der Waals surface area contributed by atoms with Crippen LogP contribution in [0.5, 0.6) is 0 Å². The molecule has 184 valence electrons. The molecular weight excluding hydrogens is 457 g/mol. The van der Waals surface area contributed by atoms with Gasteiger partial charge in [-0.2, -0.15) is 5.10 Å². The van der Waals surface area contributed by atoms with E-state index in [1.54, 1.807) is 29.2 Å². The third-order valence-corrected chi connectivity index (χ3v) is 6.51. The number of nitrogens with one attached hydrogen (secondary N) is 2. The van der Waals surface area contributed by atoms with Crippen LogP contribution in [0.3, 0.4) is 0 Å². The Labute approximate surface area is 209 Å². The Morgan fingerprint density at radius 3 is 2.83 bits per heavy atom. The zero-order chi connectivity index (χ0) is 25.2. The number of hydrogen-bond acceptors (Lipinski definition) is 6. The number of carbonyl (C=O) groups excluding carboxylic acids is 1. The predicted octanol–water partition coefficient (Wildman–Crippen LogP) is 4.57. The molecule has 1 aliphatic rings. The molecule has 0 bridgehead atoms. The van der Waals surface area contributed by atoms with Gasteiger partial charge >= 0.3 is 0 Å². The maximum atomic E-state index is 13.8. The third kappa shape index (κ3) is 4.78. The molecule has 5 rings (SSSR count). The van der Waals surface area contributed by atoms with E-state index in [1.165, 1.54) is 18.2 Å². The summed E-state index contributed by atoms with van der Waals surface area (Å²) in [5.74, 6) is -0.00369. The summed E-state index contributed by atoms with van der Waals surface area (Å²) in [7, 11) is 4.17. The zero-order valence-electron chi connectivity index (χ0n) is 20.3. The van der Waals surface area contributed by atoms with Crippen molar-refractivity contribution in [1.29, 1.82) is 0 Å². The fraction of sp³-hybridized carbons (Fsp3) is 0.222. The van der Waals surface area contributed by atoms with Crippen LogP contribution in [0.1, 0.15) is 6.42 Å². The van der Waals surface area contributed by atoms with Gasteiger partial charge in [0.2, 0.25) is 5.91 Å². The molecule has 0 radical (unpaired) electrons. The van der Waals surface area contributed by atoms with Gasteiger partial charge in [0.25, 0.3) is 0 Å². The van der Waals surface area contributed by atoms with Crippen molar-refractivity contribution in [1.82, 2.24) is 19.7 Å². The Bertz CT molecular complexity index is 1430. The SMILES string of the molecule is C=CC(=O)Nc1cc(Nc2cc3c(cn2)cnn3-c2cccc(F)c2)ccc1N(C)C1CCN(C)C1. The number of aromatic nitrogens is 3. The highest BCUT2D eigenvalue weighted by Crippen LogP contribution is 2.33. The molecule has 9 heteroatoms. The Morgan fingerprint density at radius 2 is 2.08 bits per heavy atom. The van der Waals surface area contributed by atoms with Crippen molar-refractivity contribution in [2.75, 3.05) is 42.7 Å². The van der Waals surface area contributed by atoms with Gasteiger partial charge in [-0.15, -0.1) is 0 Å². The summed E-state index contributed by atoms with van der Waals surface area (Å²) in [5.41, 5.74) is 3.80. The van der Waals surface area contributed by atoms with Gasteiger partial charge in [0.15, 0.2) is 0 Å². The predicted molar refractivity (Wildman–Crippen MR) is 142 cm³/mol. The number of likely N-dealkylation sites (tertiary alicyclic amines) is 1. The lowest BCUT2D eigenvalue weighted by Gasteiger charge is -2.29. The summed E-state index contributed by atoms with van der Waals surface area (Å²) >= 11 is 0. The molecule has 1 unspecified atom stereocenters. The van der Waals surface area contributed by atoms with Gasteiger partial charge in [-0.3, -0.25) is 4.79 Å². The molecule has 3 heterocycles. The van der Waals surface area contributed by atoms with Crippen LogP contribution >= 0.6 is 0 Å². The minimum absolute atomic E-state index is 0.274. The van der Waals surface area contributed by atoms with Crippen molar-refractivity contribution >= 4 is 39.7 Å². The quantitative estimate of drug-likeness (QED) is 0.374. The van der Waals surface area contributed by atoms with Crippen LogP contribution in [0.2, 0.25) is 0 Å². The summed E-state index contributed by atoms with van der Waals surface area (Å²) in [5, 5.41) is 11.5. The number of hydrogen-bond donors (Lipinski definition) is 2. The van der Waals surface area contributed by atoms with E-state index < -0.39 is 0 Å². The number of anilines is 4. The van der Waals surface area contributed by atoms with Gasteiger partial charge in [-0.1, -0.05) is 12.6 Å². The highest BCUT2D eigenvalue weighted by Gasteiger charge is 2.25. The fourth-order valence-electron chi connectivity index (χ4n) is 4.58. The van der Waals surface area contributed by atoms with Gasteiger partial charge in [0, 0.05) is 43.0 Å². The van der Waals surface area contributed by atoms with E-state index in [-0.39, 0.29) is 11.7 Å². The molecular formula is C27H28FN7O. The highest BCUT2D eigenvalue weighted by molar-refractivity contribution is 6.01. The third-order valence-electron chi connectivity index (χ3n) is 6.51. The Morgan fingerprint density at radius 1 is 1.22 bits per heavy atom. The van der Waals surface area contributed by atoms with Crippen LogP contribution in [-0.4, -0.2) is 58.8 Å². The number of benzene rings is 2. The van der Waals surface area contributed by atoms with Crippen molar-refractivity contribution in [2.45, 2.75) is 12.5 Å². The molecule has 2 N–H and O–H groups in total. The first-order valence-electron chi connectivity index (χ1n) is 11.8. The number of likely N-dealkylation sites (N-methyl/N-ethyl adjacent to an activating group) is 2. The minimum atomic E-state index is -0.327. The number of rotatable bonds is 7. The molecule has 36 heavy (non-hydrogen) atoms. The van der Waals surface area contributed by atoms with E-state index in [0.717, 1.165) is 41.8 Å². The largest absolute Gasteiger partial charge is 0.369 e. The van der Waals surface area contributed by atoms with E-state index in [2.05, 4.69) is 51.2 Å². The van der Waals surface area contributed by atoms with Crippen molar-refractivity contribution in [3.63, 3.8) is 0 Å². The number of fused-ring (bicyclic) bond motifs is 1. The van der Waals surface area contributed by atoms with E-state index >= 15 is 0 Å². The zero-order valence-corrected chi connectivity index (χ0v) is 20.3. The summed E-state index contributed by atoms with van der Waals surface area (Å²) in [6.07, 6.45) is 5.74. The topological polar surface area (TPSA) is 78.3 Å². The lowest BCUT2D eigenvalue weighted by molar-refractivity contribution is -0.111. The summed E-state index contributed by atoms with van der Waals surface area (Å²) in [4.78, 5) is 21.2. The van der Waals surface area contributed by atoms with Gasteiger partial charge in [0.1, 0.15) is 11.6 Å². The smallest absolute Gasteiger partial charge is 0.247 e. The molecule has 0 saturated carbocycles. The average Bonchev–Trinajstić information content (AvgIpc) is 3.50. The number of nitrogens with zero attached hydrogens (tertiary/aromatic N) is 5. The van der Waals surface area contributed by atoms with Crippen LogP contribution < -0.4 is 15.5 Å².